The van der Waals surface area contributed by atoms with E-state index in [2.05, 4.69) is 11.3 Å². The van der Waals surface area contributed by atoms with E-state index in [1.165, 1.54) is 18.4 Å². The second-order valence-corrected chi connectivity index (χ2v) is 5.33. The quantitative estimate of drug-likeness (QED) is 0.468. The predicted octanol–water partition coefficient (Wildman–Crippen LogP) is 1.87. The van der Waals surface area contributed by atoms with E-state index in [4.69, 9.17) is 9.29 Å². The lowest BCUT2D eigenvalue weighted by Gasteiger charge is -2.12. The molecule has 0 fully saturated rings. The van der Waals surface area contributed by atoms with E-state index in [9.17, 15) is 22.0 Å². The van der Waals surface area contributed by atoms with Gasteiger partial charge in [-0.3, -0.25) is 4.55 Å². The molecule has 0 bridgehead atoms. The fraction of sp³-hybridized carbons (Fsp3) is 0.250. The van der Waals surface area contributed by atoms with Gasteiger partial charge in [0, 0.05) is 0 Å². The minimum atomic E-state index is -5.86. The van der Waals surface area contributed by atoms with Gasteiger partial charge in [-0.1, -0.05) is 30.8 Å². The fourth-order valence-corrected chi connectivity index (χ4v) is 1.49. The van der Waals surface area contributed by atoms with Gasteiger partial charge in [-0.05, 0) is 11.1 Å². The molecular formula is C12H12F2O6S. The van der Waals surface area contributed by atoms with Gasteiger partial charge in [0.2, 0.25) is 0 Å². The van der Waals surface area contributed by atoms with Crippen LogP contribution in [0.15, 0.2) is 37.1 Å². The number of ether oxygens (including phenoxy) is 2. The van der Waals surface area contributed by atoms with Crippen LogP contribution in [0.4, 0.5) is 8.78 Å². The molecular weight excluding hydrogens is 310 g/mol. The Hall–Kier alpha value is -2.00. The van der Waals surface area contributed by atoms with Crippen molar-refractivity contribution in [1.82, 2.24) is 0 Å². The maximum atomic E-state index is 12.9. The molecule has 1 aromatic rings. The van der Waals surface area contributed by atoms with E-state index in [0.717, 1.165) is 5.56 Å². The van der Waals surface area contributed by atoms with Crippen molar-refractivity contribution in [1.29, 1.82) is 0 Å². The zero-order chi connectivity index (χ0) is 16.1. The summed E-state index contributed by atoms with van der Waals surface area (Å²) in [7, 11) is -5.86. The smallest absolute Gasteiger partial charge is 0.465 e. The Balaban J connectivity index is 2.63. The highest BCUT2D eigenvalue weighted by Gasteiger charge is 2.54. The van der Waals surface area contributed by atoms with Crippen molar-refractivity contribution < 1.29 is 36.0 Å². The van der Waals surface area contributed by atoms with Gasteiger partial charge in [0.15, 0.2) is 0 Å². The molecule has 0 atom stereocenters. The minimum absolute atomic E-state index is 0.268. The highest BCUT2D eigenvalue weighted by Crippen LogP contribution is 2.22. The molecule has 116 valence electrons. The van der Waals surface area contributed by atoms with Gasteiger partial charge in [-0.15, -0.1) is 0 Å². The SMILES string of the molecule is C=COCc1ccc(COC(=O)C(F)(F)S(=O)(=O)O)cc1. The first-order valence-electron chi connectivity index (χ1n) is 5.51. The number of hydrogen-bond acceptors (Lipinski definition) is 5. The summed E-state index contributed by atoms with van der Waals surface area (Å²) in [6.45, 7) is 3.07. The summed E-state index contributed by atoms with van der Waals surface area (Å²) in [6, 6.07) is 6.18. The minimum Gasteiger partial charge on any atom is -0.497 e. The summed E-state index contributed by atoms with van der Waals surface area (Å²) >= 11 is 0. The van der Waals surface area contributed by atoms with Gasteiger partial charge in [-0.25, -0.2) is 4.79 Å². The molecule has 21 heavy (non-hydrogen) atoms. The molecule has 0 aliphatic carbocycles. The zero-order valence-corrected chi connectivity index (χ0v) is 11.5. The Kier molecular flexibility index (Phi) is 5.39. The maximum Gasteiger partial charge on any atom is 0.465 e. The van der Waals surface area contributed by atoms with E-state index >= 15 is 0 Å². The number of carbonyl (C=O) groups excluding carboxylic acids is 1. The van der Waals surface area contributed by atoms with Gasteiger partial charge in [0.05, 0.1) is 6.26 Å². The van der Waals surface area contributed by atoms with Crippen LogP contribution in [0, 0.1) is 0 Å². The third-order valence-corrected chi connectivity index (χ3v) is 3.14. The van der Waals surface area contributed by atoms with Crippen molar-refractivity contribution in [2.75, 3.05) is 0 Å². The van der Waals surface area contributed by atoms with Crippen LogP contribution >= 0.6 is 0 Å². The summed E-state index contributed by atoms with van der Waals surface area (Å²) < 4.78 is 63.8. The second kappa shape index (κ2) is 6.64. The van der Waals surface area contributed by atoms with Crippen LogP contribution in [0.2, 0.25) is 0 Å². The van der Waals surface area contributed by atoms with Crippen LogP contribution < -0.4 is 0 Å². The monoisotopic (exact) mass is 322 g/mol. The topological polar surface area (TPSA) is 89.9 Å². The van der Waals surface area contributed by atoms with E-state index in [0.29, 0.717) is 5.56 Å². The van der Waals surface area contributed by atoms with Crippen LogP contribution in [0.3, 0.4) is 0 Å². The molecule has 9 heteroatoms. The molecule has 0 saturated heterocycles. The Bertz CT molecular complexity index is 609. The lowest BCUT2D eigenvalue weighted by molar-refractivity contribution is -0.162. The Labute approximate surface area is 119 Å². The van der Waals surface area contributed by atoms with Crippen molar-refractivity contribution in [2.24, 2.45) is 0 Å². The molecule has 0 unspecified atom stereocenters. The Morgan fingerprint density at radius 2 is 1.71 bits per heavy atom. The van der Waals surface area contributed by atoms with Crippen molar-refractivity contribution in [3.63, 3.8) is 0 Å². The van der Waals surface area contributed by atoms with Gasteiger partial charge in [0.1, 0.15) is 13.2 Å². The molecule has 1 aromatic carbocycles. The van der Waals surface area contributed by atoms with E-state index < -0.39 is 27.9 Å². The Morgan fingerprint density at radius 3 is 2.14 bits per heavy atom. The highest BCUT2D eigenvalue weighted by molar-refractivity contribution is 7.87. The molecule has 0 radical (unpaired) electrons. The number of benzene rings is 1. The molecule has 0 aliphatic heterocycles. The number of carbonyl (C=O) groups is 1. The first kappa shape index (κ1) is 17.1. The molecule has 0 amide bonds. The average molecular weight is 322 g/mol. The fourth-order valence-electron chi connectivity index (χ4n) is 1.23. The molecule has 0 aromatic heterocycles. The van der Waals surface area contributed by atoms with Crippen LogP contribution in [0.5, 0.6) is 0 Å². The number of halogens is 2. The van der Waals surface area contributed by atoms with Crippen molar-refractivity contribution in [2.45, 2.75) is 18.5 Å². The number of alkyl halides is 2. The van der Waals surface area contributed by atoms with Gasteiger partial charge < -0.3 is 9.47 Å². The van der Waals surface area contributed by atoms with E-state index in [-0.39, 0.29) is 6.61 Å². The summed E-state index contributed by atoms with van der Waals surface area (Å²) in [5, 5.41) is -5.00. The number of esters is 1. The molecule has 0 heterocycles. The lowest BCUT2D eigenvalue weighted by atomic mass is 10.1. The summed E-state index contributed by atoms with van der Waals surface area (Å²) in [5.74, 6) is -2.34. The van der Waals surface area contributed by atoms with Gasteiger partial charge in [-0.2, -0.15) is 17.2 Å². The highest BCUT2D eigenvalue weighted by atomic mass is 32.2. The molecule has 1 rings (SSSR count). The lowest BCUT2D eigenvalue weighted by Crippen LogP contribution is -2.38. The van der Waals surface area contributed by atoms with Crippen molar-refractivity contribution in [3.05, 3.63) is 48.2 Å². The van der Waals surface area contributed by atoms with Gasteiger partial charge >= 0.3 is 21.3 Å². The predicted molar refractivity (Wildman–Crippen MR) is 67.7 cm³/mol. The molecule has 6 nitrogen and oxygen atoms in total. The third kappa shape index (κ3) is 4.50. The van der Waals surface area contributed by atoms with Crippen molar-refractivity contribution in [3.8, 4) is 0 Å². The number of hydrogen-bond donors (Lipinski definition) is 1. The first-order valence-corrected chi connectivity index (χ1v) is 6.95. The standard InChI is InChI=1S/C12H12F2O6S/c1-2-19-7-9-3-5-10(6-4-9)8-20-11(15)12(13,14)21(16,17)18/h2-6H,1,7-8H2,(H,16,17,18). The van der Waals surface area contributed by atoms with Gasteiger partial charge in [0.25, 0.3) is 0 Å². The third-order valence-electron chi connectivity index (χ3n) is 2.32. The zero-order valence-electron chi connectivity index (χ0n) is 10.7. The largest absolute Gasteiger partial charge is 0.497 e. The summed E-state index contributed by atoms with van der Waals surface area (Å²) in [4.78, 5) is 11.0. The van der Waals surface area contributed by atoms with Crippen LogP contribution in [-0.4, -0.2) is 24.2 Å². The molecule has 0 spiro atoms. The van der Waals surface area contributed by atoms with Crippen LogP contribution in [0.1, 0.15) is 11.1 Å². The average Bonchev–Trinajstić information content (AvgIpc) is 2.42. The summed E-state index contributed by atoms with van der Waals surface area (Å²) in [5.41, 5.74) is 1.13. The molecule has 0 saturated carbocycles. The Morgan fingerprint density at radius 1 is 1.24 bits per heavy atom. The van der Waals surface area contributed by atoms with E-state index in [1.807, 2.05) is 0 Å². The first-order chi connectivity index (χ1) is 9.68. The van der Waals surface area contributed by atoms with Crippen molar-refractivity contribution >= 4 is 16.1 Å². The normalized spacial score (nSPS) is 11.8. The molecule has 1 N–H and O–H groups in total. The second-order valence-electron chi connectivity index (χ2n) is 3.86. The maximum absolute atomic E-state index is 12.9. The van der Waals surface area contributed by atoms with Crippen LogP contribution in [0.25, 0.3) is 0 Å². The number of rotatable bonds is 7. The summed E-state index contributed by atoms with van der Waals surface area (Å²) in [6.07, 6.45) is 1.26. The molecule has 0 aliphatic rings. The van der Waals surface area contributed by atoms with Crippen LogP contribution in [-0.2, 0) is 37.6 Å². The van der Waals surface area contributed by atoms with E-state index in [1.54, 1.807) is 12.1 Å².